The molecule has 0 unspecified atom stereocenters. The zero-order valence-corrected chi connectivity index (χ0v) is 10.3. The Bertz CT molecular complexity index is 236. The third-order valence-electron chi connectivity index (χ3n) is 2.12. The molecule has 0 fully saturated rings. The molecule has 0 aromatic heterocycles. The summed E-state index contributed by atoms with van der Waals surface area (Å²) < 4.78 is 22.9. The van der Waals surface area contributed by atoms with Gasteiger partial charge in [0.2, 0.25) is 0 Å². The Morgan fingerprint density at radius 1 is 1.00 bits per heavy atom. The molecule has 92 valence electrons. The van der Waals surface area contributed by atoms with E-state index in [0.29, 0.717) is 39.1 Å². The van der Waals surface area contributed by atoms with Gasteiger partial charge in [-0.15, -0.1) is 0 Å². The van der Waals surface area contributed by atoms with Crippen molar-refractivity contribution in [2.45, 2.75) is 13.3 Å². The smallest absolute Gasteiger partial charge is 0.151 e. The molecule has 0 atom stereocenters. The first kappa shape index (κ1) is 14.8. The monoisotopic (exact) mass is 237 g/mol. The molecule has 0 aliphatic rings. The molecule has 0 aliphatic heterocycles. The van der Waals surface area contributed by atoms with Gasteiger partial charge in [0.1, 0.15) is 0 Å². The highest BCUT2D eigenvalue weighted by Gasteiger charge is 2.11. The van der Waals surface area contributed by atoms with Crippen LogP contribution in [0.25, 0.3) is 0 Å². The topological polar surface area (TPSA) is 89.4 Å². The van der Waals surface area contributed by atoms with E-state index >= 15 is 0 Å². The molecule has 4 N–H and O–H groups in total. The first-order valence-corrected chi connectivity index (χ1v) is 7.20. The fourth-order valence-electron chi connectivity index (χ4n) is 1.38. The molecule has 6 heteroatoms. The SMILES string of the molecule is CCCS(=O)(=O)CCN(CCN)CCN. The molecular formula is C9H23N3O2S. The van der Waals surface area contributed by atoms with Crippen LogP contribution in [0.15, 0.2) is 0 Å². The fourth-order valence-corrected chi connectivity index (χ4v) is 2.74. The van der Waals surface area contributed by atoms with E-state index in [9.17, 15) is 8.42 Å². The summed E-state index contributed by atoms with van der Waals surface area (Å²) in [6, 6.07) is 0. The Morgan fingerprint density at radius 2 is 1.53 bits per heavy atom. The van der Waals surface area contributed by atoms with Gasteiger partial charge in [-0.05, 0) is 6.42 Å². The van der Waals surface area contributed by atoms with Gasteiger partial charge in [0.25, 0.3) is 0 Å². The molecule has 0 radical (unpaired) electrons. The van der Waals surface area contributed by atoms with Crippen molar-refractivity contribution in [1.82, 2.24) is 4.90 Å². The van der Waals surface area contributed by atoms with Crippen LogP contribution >= 0.6 is 0 Å². The number of nitrogens with zero attached hydrogens (tertiary/aromatic N) is 1. The summed E-state index contributed by atoms with van der Waals surface area (Å²) in [7, 11) is -2.89. The Kier molecular flexibility index (Phi) is 7.95. The van der Waals surface area contributed by atoms with Gasteiger partial charge in [-0.1, -0.05) is 6.92 Å². The van der Waals surface area contributed by atoms with Crippen LogP contribution < -0.4 is 11.5 Å². The highest BCUT2D eigenvalue weighted by atomic mass is 32.2. The van der Waals surface area contributed by atoms with E-state index in [2.05, 4.69) is 0 Å². The number of hydrogen-bond acceptors (Lipinski definition) is 5. The van der Waals surface area contributed by atoms with Crippen molar-refractivity contribution < 1.29 is 8.42 Å². The van der Waals surface area contributed by atoms with Crippen molar-refractivity contribution in [3.8, 4) is 0 Å². The highest BCUT2D eigenvalue weighted by molar-refractivity contribution is 7.91. The normalized spacial score (nSPS) is 12.3. The van der Waals surface area contributed by atoms with Gasteiger partial charge in [0.15, 0.2) is 9.84 Å². The fraction of sp³-hybridized carbons (Fsp3) is 1.00. The van der Waals surface area contributed by atoms with E-state index in [1.807, 2.05) is 11.8 Å². The molecule has 15 heavy (non-hydrogen) atoms. The summed E-state index contributed by atoms with van der Waals surface area (Å²) in [5.41, 5.74) is 10.9. The van der Waals surface area contributed by atoms with E-state index in [4.69, 9.17) is 11.5 Å². The molecule has 0 saturated carbocycles. The van der Waals surface area contributed by atoms with Gasteiger partial charge in [-0.25, -0.2) is 8.42 Å². The van der Waals surface area contributed by atoms with Crippen molar-refractivity contribution >= 4 is 9.84 Å². The molecule has 0 rings (SSSR count). The maximum absolute atomic E-state index is 11.5. The quantitative estimate of drug-likeness (QED) is 0.538. The van der Waals surface area contributed by atoms with Gasteiger partial charge in [0.05, 0.1) is 5.75 Å². The summed E-state index contributed by atoms with van der Waals surface area (Å²) >= 11 is 0. The van der Waals surface area contributed by atoms with Crippen LogP contribution in [0.3, 0.4) is 0 Å². The zero-order chi connectivity index (χ0) is 11.7. The van der Waals surface area contributed by atoms with Crippen molar-refractivity contribution in [2.75, 3.05) is 44.2 Å². The molecule has 0 saturated heterocycles. The van der Waals surface area contributed by atoms with Gasteiger partial charge >= 0.3 is 0 Å². The molecule has 0 amide bonds. The predicted molar refractivity (Wildman–Crippen MR) is 63.5 cm³/mol. The summed E-state index contributed by atoms with van der Waals surface area (Å²) in [5.74, 6) is 0.479. The molecule has 5 nitrogen and oxygen atoms in total. The molecule has 0 spiro atoms. The molecular weight excluding hydrogens is 214 g/mol. The van der Waals surface area contributed by atoms with E-state index in [-0.39, 0.29) is 11.5 Å². The van der Waals surface area contributed by atoms with Gasteiger partial charge in [0, 0.05) is 38.5 Å². The number of nitrogens with two attached hydrogens (primary N) is 2. The second-order valence-electron chi connectivity index (χ2n) is 3.57. The average molecular weight is 237 g/mol. The number of sulfone groups is 1. The van der Waals surface area contributed by atoms with Crippen LogP contribution in [-0.4, -0.2) is 57.5 Å². The molecule has 0 heterocycles. The van der Waals surface area contributed by atoms with Crippen LogP contribution in [-0.2, 0) is 9.84 Å². The Balaban J connectivity index is 3.97. The van der Waals surface area contributed by atoms with Gasteiger partial charge in [-0.3, -0.25) is 4.90 Å². The molecule has 0 aromatic rings. The highest BCUT2D eigenvalue weighted by Crippen LogP contribution is 1.96. The third kappa shape index (κ3) is 7.72. The largest absolute Gasteiger partial charge is 0.329 e. The van der Waals surface area contributed by atoms with E-state index in [1.54, 1.807) is 0 Å². The first-order chi connectivity index (χ1) is 7.05. The average Bonchev–Trinajstić information content (AvgIpc) is 2.15. The van der Waals surface area contributed by atoms with Crippen LogP contribution in [0, 0.1) is 0 Å². The Hall–Kier alpha value is -0.170. The third-order valence-corrected chi connectivity index (χ3v) is 3.96. The molecule has 0 aliphatic carbocycles. The first-order valence-electron chi connectivity index (χ1n) is 5.38. The minimum atomic E-state index is -2.89. The summed E-state index contributed by atoms with van der Waals surface area (Å²) in [5, 5.41) is 0. The Labute approximate surface area is 92.7 Å². The van der Waals surface area contributed by atoms with E-state index in [1.165, 1.54) is 0 Å². The second kappa shape index (κ2) is 8.04. The Morgan fingerprint density at radius 3 is 1.93 bits per heavy atom. The van der Waals surface area contributed by atoms with Gasteiger partial charge in [-0.2, -0.15) is 0 Å². The lowest BCUT2D eigenvalue weighted by molar-refractivity contribution is 0.305. The van der Waals surface area contributed by atoms with Crippen LogP contribution in [0.5, 0.6) is 0 Å². The second-order valence-corrected chi connectivity index (χ2v) is 5.87. The summed E-state index contributed by atoms with van der Waals surface area (Å²) in [6.07, 6.45) is 0.677. The summed E-state index contributed by atoms with van der Waals surface area (Å²) in [6.45, 7) is 4.89. The maximum atomic E-state index is 11.5. The predicted octanol–water partition coefficient (Wildman–Crippen LogP) is -0.969. The van der Waals surface area contributed by atoms with E-state index < -0.39 is 9.84 Å². The lowest BCUT2D eigenvalue weighted by Gasteiger charge is -2.20. The van der Waals surface area contributed by atoms with Crippen molar-refractivity contribution in [2.24, 2.45) is 11.5 Å². The zero-order valence-electron chi connectivity index (χ0n) is 9.48. The minimum absolute atomic E-state index is 0.209. The van der Waals surface area contributed by atoms with E-state index in [0.717, 1.165) is 0 Å². The lowest BCUT2D eigenvalue weighted by atomic mass is 10.4. The van der Waals surface area contributed by atoms with Crippen molar-refractivity contribution in [1.29, 1.82) is 0 Å². The van der Waals surface area contributed by atoms with Crippen LogP contribution in [0.2, 0.25) is 0 Å². The van der Waals surface area contributed by atoms with Crippen molar-refractivity contribution in [3.05, 3.63) is 0 Å². The summed E-state index contributed by atoms with van der Waals surface area (Å²) in [4.78, 5) is 1.99. The standard InChI is InChI=1S/C9H23N3O2S/c1-2-8-15(13,14)9-7-12(5-3-10)6-4-11/h2-11H2,1H3. The molecule has 0 bridgehead atoms. The van der Waals surface area contributed by atoms with Crippen molar-refractivity contribution in [3.63, 3.8) is 0 Å². The number of rotatable bonds is 9. The molecule has 0 aromatic carbocycles. The van der Waals surface area contributed by atoms with Crippen LogP contribution in [0.1, 0.15) is 13.3 Å². The van der Waals surface area contributed by atoms with Crippen LogP contribution in [0.4, 0.5) is 0 Å². The lowest BCUT2D eigenvalue weighted by Crippen LogP contribution is -2.37. The van der Waals surface area contributed by atoms with Gasteiger partial charge < -0.3 is 11.5 Å². The number of hydrogen-bond donors (Lipinski definition) is 2. The minimum Gasteiger partial charge on any atom is -0.329 e. The maximum Gasteiger partial charge on any atom is 0.151 e.